The largest absolute Gasteiger partial charge is 0.484 e. The van der Waals surface area contributed by atoms with Crippen molar-refractivity contribution in [3.63, 3.8) is 0 Å². The maximum Gasteiger partial charge on any atom is 0.258 e. The number of aromatic nitrogens is 1. The Hall–Kier alpha value is -2.30. The van der Waals surface area contributed by atoms with Crippen molar-refractivity contribution in [2.45, 2.75) is 20.4 Å². The summed E-state index contributed by atoms with van der Waals surface area (Å²) in [5.74, 6) is 1.67. The van der Waals surface area contributed by atoms with Gasteiger partial charge in [-0.1, -0.05) is 17.7 Å². The first-order valence-corrected chi connectivity index (χ1v) is 6.01. The minimum Gasteiger partial charge on any atom is -0.484 e. The van der Waals surface area contributed by atoms with Crippen LogP contribution in [-0.4, -0.2) is 17.5 Å². The second-order valence-corrected chi connectivity index (χ2v) is 4.24. The van der Waals surface area contributed by atoms with Gasteiger partial charge in [0.15, 0.2) is 6.61 Å². The van der Waals surface area contributed by atoms with Crippen molar-refractivity contribution in [2.75, 3.05) is 6.61 Å². The smallest absolute Gasteiger partial charge is 0.258 e. The lowest BCUT2D eigenvalue weighted by atomic mass is 10.2. The zero-order valence-electron chi connectivity index (χ0n) is 11.0. The molecule has 1 heterocycles. The Kier molecular flexibility index (Phi) is 4.18. The van der Waals surface area contributed by atoms with Gasteiger partial charge in [-0.15, -0.1) is 0 Å². The molecule has 0 saturated heterocycles. The number of carbonyl (C=O) groups excluding carboxylic acids is 1. The predicted octanol–water partition coefficient (Wildman–Crippen LogP) is 1.99. The van der Waals surface area contributed by atoms with E-state index in [1.54, 1.807) is 13.1 Å². The molecule has 1 N–H and O–H groups in total. The molecule has 5 nitrogen and oxygen atoms in total. The Morgan fingerprint density at radius 1 is 1.32 bits per heavy atom. The van der Waals surface area contributed by atoms with Crippen LogP contribution in [0.25, 0.3) is 0 Å². The molecule has 5 heteroatoms. The highest BCUT2D eigenvalue weighted by molar-refractivity contribution is 5.77. The number of benzene rings is 1. The molecule has 0 radical (unpaired) electrons. The maximum atomic E-state index is 11.6. The number of rotatable bonds is 5. The summed E-state index contributed by atoms with van der Waals surface area (Å²) in [6.07, 6.45) is 1.62. The highest BCUT2D eigenvalue weighted by atomic mass is 16.5. The number of amides is 1. The normalized spacial score (nSPS) is 10.2. The van der Waals surface area contributed by atoms with Crippen LogP contribution < -0.4 is 10.1 Å². The third kappa shape index (κ3) is 4.13. The van der Waals surface area contributed by atoms with Crippen molar-refractivity contribution in [1.29, 1.82) is 0 Å². The summed E-state index contributed by atoms with van der Waals surface area (Å²) in [4.78, 5) is 15.6. The van der Waals surface area contributed by atoms with Gasteiger partial charge in [-0.3, -0.25) is 4.79 Å². The molecule has 0 spiro atoms. The van der Waals surface area contributed by atoms with Gasteiger partial charge in [-0.05, 0) is 26.0 Å². The number of oxazole rings is 1. The van der Waals surface area contributed by atoms with Gasteiger partial charge in [0.25, 0.3) is 5.91 Å². The minimum absolute atomic E-state index is 0.0250. The Morgan fingerprint density at radius 3 is 2.68 bits per heavy atom. The minimum atomic E-state index is -0.212. The number of hydrogen-bond acceptors (Lipinski definition) is 4. The quantitative estimate of drug-likeness (QED) is 0.892. The molecule has 0 aliphatic rings. The average molecular weight is 260 g/mol. The number of nitrogens with one attached hydrogen (secondary N) is 1. The van der Waals surface area contributed by atoms with Crippen LogP contribution in [0.5, 0.6) is 5.75 Å². The Morgan fingerprint density at radius 2 is 2.05 bits per heavy atom. The summed E-state index contributed by atoms with van der Waals surface area (Å²) in [6, 6.07) is 7.53. The van der Waals surface area contributed by atoms with E-state index in [4.69, 9.17) is 9.15 Å². The van der Waals surface area contributed by atoms with Crippen LogP contribution in [0.1, 0.15) is 17.2 Å². The Balaban J connectivity index is 1.74. The van der Waals surface area contributed by atoms with E-state index in [-0.39, 0.29) is 19.1 Å². The zero-order valence-corrected chi connectivity index (χ0v) is 11.0. The number of aryl methyl sites for hydroxylation is 2. The standard InChI is InChI=1S/C14H16N2O3/c1-10-3-5-12(6-4-10)18-9-13(17)15-8-14-16-7-11(2)19-14/h3-7H,8-9H2,1-2H3,(H,15,17). The zero-order chi connectivity index (χ0) is 13.7. The number of carbonyl (C=O) groups is 1. The van der Waals surface area contributed by atoms with Gasteiger partial charge >= 0.3 is 0 Å². The average Bonchev–Trinajstić information content (AvgIpc) is 2.81. The monoisotopic (exact) mass is 260 g/mol. The first kappa shape index (κ1) is 13.1. The summed E-state index contributed by atoms with van der Waals surface area (Å²) in [7, 11) is 0. The van der Waals surface area contributed by atoms with E-state index in [1.807, 2.05) is 31.2 Å². The molecule has 0 aliphatic carbocycles. The molecular weight excluding hydrogens is 244 g/mol. The fourth-order valence-corrected chi connectivity index (χ4v) is 1.49. The molecule has 1 aromatic heterocycles. The molecule has 0 aliphatic heterocycles. The molecule has 2 rings (SSSR count). The lowest BCUT2D eigenvalue weighted by Gasteiger charge is -2.06. The van der Waals surface area contributed by atoms with Crippen LogP contribution in [0.15, 0.2) is 34.9 Å². The fourth-order valence-electron chi connectivity index (χ4n) is 1.49. The van der Waals surface area contributed by atoms with Crippen molar-refractivity contribution in [3.8, 4) is 5.75 Å². The van der Waals surface area contributed by atoms with E-state index < -0.39 is 0 Å². The highest BCUT2D eigenvalue weighted by Gasteiger charge is 2.05. The molecule has 1 aromatic carbocycles. The van der Waals surface area contributed by atoms with Crippen molar-refractivity contribution < 1.29 is 13.9 Å². The van der Waals surface area contributed by atoms with Gasteiger partial charge in [0.05, 0.1) is 12.7 Å². The molecule has 0 bridgehead atoms. The van der Waals surface area contributed by atoms with Crippen molar-refractivity contribution in [3.05, 3.63) is 47.7 Å². The highest BCUT2D eigenvalue weighted by Crippen LogP contribution is 2.10. The SMILES string of the molecule is Cc1ccc(OCC(=O)NCc2ncc(C)o2)cc1. The second kappa shape index (κ2) is 6.04. The topological polar surface area (TPSA) is 64.4 Å². The van der Waals surface area contributed by atoms with Gasteiger partial charge in [-0.2, -0.15) is 0 Å². The number of nitrogens with zero attached hydrogens (tertiary/aromatic N) is 1. The van der Waals surface area contributed by atoms with E-state index in [9.17, 15) is 4.79 Å². The molecule has 2 aromatic rings. The Bertz CT molecular complexity index is 546. The molecule has 0 saturated carbocycles. The molecule has 100 valence electrons. The summed E-state index contributed by atoms with van der Waals surface area (Å²) in [5.41, 5.74) is 1.15. The molecule has 19 heavy (non-hydrogen) atoms. The van der Waals surface area contributed by atoms with Gasteiger partial charge in [0.1, 0.15) is 11.5 Å². The molecule has 0 unspecified atom stereocenters. The third-order valence-corrected chi connectivity index (χ3v) is 2.50. The van der Waals surface area contributed by atoms with Crippen LogP contribution in [-0.2, 0) is 11.3 Å². The third-order valence-electron chi connectivity index (χ3n) is 2.50. The summed E-state index contributed by atoms with van der Waals surface area (Å²) >= 11 is 0. The maximum absolute atomic E-state index is 11.6. The van der Waals surface area contributed by atoms with Crippen molar-refractivity contribution in [2.24, 2.45) is 0 Å². The van der Waals surface area contributed by atoms with Gasteiger partial charge in [-0.25, -0.2) is 4.98 Å². The summed E-state index contributed by atoms with van der Waals surface area (Å²) in [5, 5.41) is 2.67. The van der Waals surface area contributed by atoms with Crippen LogP contribution in [0.2, 0.25) is 0 Å². The molecular formula is C14H16N2O3. The summed E-state index contributed by atoms with van der Waals surface area (Å²) in [6.45, 7) is 4.04. The lowest BCUT2D eigenvalue weighted by Crippen LogP contribution is -2.28. The van der Waals surface area contributed by atoms with Crippen LogP contribution in [0.4, 0.5) is 0 Å². The molecule has 0 fully saturated rings. The molecule has 1 amide bonds. The van der Waals surface area contributed by atoms with Crippen molar-refractivity contribution in [1.82, 2.24) is 10.3 Å². The lowest BCUT2D eigenvalue weighted by molar-refractivity contribution is -0.123. The van der Waals surface area contributed by atoms with Gasteiger partial charge in [0, 0.05) is 0 Å². The van der Waals surface area contributed by atoms with Crippen LogP contribution >= 0.6 is 0 Å². The summed E-state index contributed by atoms with van der Waals surface area (Å²) < 4.78 is 10.6. The van der Waals surface area contributed by atoms with Gasteiger partial charge < -0.3 is 14.5 Å². The number of ether oxygens (including phenoxy) is 1. The fraction of sp³-hybridized carbons (Fsp3) is 0.286. The van der Waals surface area contributed by atoms with E-state index in [2.05, 4.69) is 10.3 Å². The predicted molar refractivity (Wildman–Crippen MR) is 69.8 cm³/mol. The first-order valence-electron chi connectivity index (χ1n) is 6.01. The van der Waals surface area contributed by atoms with Crippen LogP contribution in [0, 0.1) is 13.8 Å². The Labute approximate surface area is 111 Å². The van der Waals surface area contributed by atoms with E-state index in [0.29, 0.717) is 11.6 Å². The van der Waals surface area contributed by atoms with E-state index in [1.165, 1.54) is 0 Å². The van der Waals surface area contributed by atoms with Crippen LogP contribution in [0.3, 0.4) is 0 Å². The molecule has 0 atom stereocenters. The second-order valence-electron chi connectivity index (χ2n) is 4.24. The van der Waals surface area contributed by atoms with Gasteiger partial charge in [0.2, 0.25) is 5.89 Å². The van der Waals surface area contributed by atoms with E-state index in [0.717, 1.165) is 11.3 Å². The van der Waals surface area contributed by atoms with E-state index >= 15 is 0 Å². The number of hydrogen-bond donors (Lipinski definition) is 1. The first-order chi connectivity index (χ1) is 9.13. The van der Waals surface area contributed by atoms with Crippen molar-refractivity contribution >= 4 is 5.91 Å².